The lowest BCUT2D eigenvalue weighted by molar-refractivity contribution is 0.0599. The molecule has 0 radical (unpaired) electrons. The van der Waals surface area contributed by atoms with Crippen molar-refractivity contribution >= 4 is 0 Å². The molecule has 0 aromatic carbocycles. The lowest BCUT2D eigenvalue weighted by atomic mass is 9.79. The molecular formula is C13H23F2N3. The highest BCUT2D eigenvalue weighted by atomic mass is 19.3. The van der Waals surface area contributed by atoms with E-state index in [0.29, 0.717) is 6.42 Å². The molecule has 2 atom stereocenters. The summed E-state index contributed by atoms with van der Waals surface area (Å²) in [5.74, 6) is 0. The third-order valence-electron chi connectivity index (χ3n) is 3.70. The van der Waals surface area contributed by atoms with Crippen molar-refractivity contribution in [3.8, 4) is 6.07 Å². The predicted molar refractivity (Wildman–Crippen MR) is 67.5 cm³/mol. The number of nitrogens with one attached hydrogen (secondary N) is 1. The van der Waals surface area contributed by atoms with Crippen LogP contribution in [0.2, 0.25) is 0 Å². The van der Waals surface area contributed by atoms with E-state index in [0.717, 1.165) is 32.2 Å². The highest BCUT2D eigenvalue weighted by Gasteiger charge is 2.37. The van der Waals surface area contributed by atoms with Crippen molar-refractivity contribution < 1.29 is 8.78 Å². The number of hydrogen-bond acceptors (Lipinski definition) is 3. The minimum absolute atomic E-state index is 0.0803. The quantitative estimate of drug-likeness (QED) is 0.796. The van der Waals surface area contributed by atoms with Crippen molar-refractivity contribution in [1.29, 1.82) is 5.26 Å². The molecule has 0 aromatic rings. The molecule has 0 amide bonds. The first-order valence-electron chi connectivity index (χ1n) is 6.67. The molecule has 18 heavy (non-hydrogen) atoms. The lowest BCUT2D eigenvalue weighted by Gasteiger charge is -2.40. The van der Waals surface area contributed by atoms with Gasteiger partial charge in [0.2, 0.25) is 0 Å². The Morgan fingerprint density at radius 3 is 2.83 bits per heavy atom. The van der Waals surface area contributed by atoms with Gasteiger partial charge in [-0.25, -0.2) is 8.78 Å². The van der Waals surface area contributed by atoms with E-state index in [-0.39, 0.29) is 12.6 Å². The fourth-order valence-corrected chi connectivity index (χ4v) is 2.65. The lowest BCUT2D eigenvalue weighted by Crippen LogP contribution is -2.52. The second kappa shape index (κ2) is 7.01. The maximum Gasteiger partial charge on any atom is 0.251 e. The van der Waals surface area contributed by atoms with Gasteiger partial charge >= 0.3 is 0 Å². The van der Waals surface area contributed by atoms with Gasteiger partial charge in [-0.1, -0.05) is 6.92 Å². The zero-order valence-corrected chi connectivity index (χ0v) is 11.3. The number of hydrogen-bond donors (Lipinski definition) is 1. The van der Waals surface area contributed by atoms with Gasteiger partial charge < -0.3 is 0 Å². The Morgan fingerprint density at radius 1 is 1.56 bits per heavy atom. The van der Waals surface area contributed by atoms with Gasteiger partial charge in [-0.3, -0.25) is 10.2 Å². The fraction of sp³-hybridized carbons (Fsp3) is 0.923. The summed E-state index contributed by atoms with van der Waals surface area (Å²) in [5, 5.41) is 12.7. The second-order valence-corrected chi connectivity index (χ2v) is 5.20. The van der Waals surface area contributed by atoms with E-state index in [4.69, 9.17) is 0 Å². The molecule has 3 nitrogen and oxygen atoms in total. The standard InChI is InChI=1S/C13H23F2N3/c1-3-7-17-13(10-16)6-4-5-11(8-13)18(2)9-12(14)15/h11-12,17H,3-9H2,1-2H3. The molecule has 0 saturated heterocycles. The van der Waals surface area contributed by atoms with E-state index in [1.165, 1.54) is 0 Å². The average Bonchev–Trinajstić information content (AvgIpc) is 2.36. The highest BCUT2D eigenvalue weighted by molar-refractivity contribution is 5.11. The number of rotatable bonds is 6. The van der Waals surface area contributed by atoms with E-state index >= 15 is 0 Å². The maximum atomic E-state index is 12.4. The first kappa shape index (κ1) is 15.3. The molecular weight excluding hydrogens is 236 g/mol. The van der Waals surface area contributed by atoms with Gasteiger partial charge in [-0.05, 0) is 45.7 Å². The summed E-state index contributed by atoms with van der Waals surface area (Å²) in [4.78, 5) is 1.70. The van der Waals surface area contributed by atoms with E-state index in [1.54, 1.807) is 11.9 Å². The topological polar surface area (TPSA) is 39.1 Å². The number of nitriles is 1. The Kier molecular flexibility index (Phi) is 5.97. The summed E-state index contributed by atoms with van der Waals surface area (Å²) in [6, 6.07) is 2.45. The van der Waals surface area contributed by atoms with Gasteiger partial charge in [-0.15, -0.1) is 0 Å². The summed E-state index contributed by atoms with van der Waals surface area (Å²) in [5.41, 5.74) is -0.519. The van der Waals surface area contributed by atoms with Crippen LogP contribution in [0.1, 0.15) is 39.0 Å². The third kappa shape index (κ3) is 4.18. The minimum Gasteiger partial charge on any atom is -0.299 e. The number of nitrogens with zero attached hydrogens (tertiary/aromatic N) is 2. The van der Waals surface area contributed by atoms with Crippen LogP contribution >= 0.6 is 0 Å². The molecule has 1 saturated carbocycles. The molecule has 2 unspecified atom stereocenters. The van der Waals surface area contributed by atoms with Gasteiger partial charge in [0.25, 0.3) is 6.43 Å². The maximum absolute atomic E-state index is 12.4. The smallest absolute Gasteiger partial charge is 0.251 e. The molecule has 1 rings (SSSR count). The molecule has 104 valence electrons. The Morgan fingerprint density at radius 2 is 2.28 bits per heavy atom. The average molecular weight is 259 g/mol. The van der Waals surface area contributed by atoms with Crippen molar-refractivity contribution in [2.75, 3.05) is 20.1 Å². The van der Waals surface area contributed by atoms with Crippen molar-refractivity contribution in [2.45, 2.75) is 57.0 Å². The van der Waals surface area contributed by atoms with E-state index < -0.39 is 12.0 Å². The van der Waals surface area contributed by atoms with Gasteiger partial charge in [0.1, 0.15) is 5.54 Å². The van der Waals surface area contributed by atoms with E-state index in [9.17, 15) is 14.0 Å². The first-order valence-corrected chi connectivity index (χ1v) is 6.67. The zero-order chi connectivity index (χ0) is 13.6. The van der Waals surface area contributed by atoms with Crippen molar-refractivity contribution in [3.05, 3.63) is 0 Å². The monoisotopic (exact) mass is 259 g/mol. The third-order valence-corrected chi connectivity index (χ3v) is 3.70. The Hall–Kier alpha value is -0.730. The van der Waals surface area contributed by atoms with Gasteiger partial charge in [0, 0.05) is 6.04 Å². The summed E-state index contributed by atoms with van der Waals surface area (Å²) < 4.78 is 24.8. The molecule has 1 fully saturated rings. The largest absolute Gasteiger partial charge is 0.299 e. The molecule has 0 spiro atoms. The molecule has 0 heterocycles. The number of alkyl halides is 2. The van der Waals surface area contributed by atoms with Crippen molar-refractivity contribution in [1.82, 2.24) is 10.2 Å². The molecule has 0 bridgehead atoms. The van der Waals surface area contributed by atoms with Crippen LogP contribution in [0.4, 0.5) is 8.78 Å². The highest BCUT2D eigenvalue weighted by Crippen LogP contribution is 2.30. The van der Waals surface area contributed by atoms with Crippen LogP contribution in [0.5, 0.6) is 0 Å². The second-order valence-electron chi connectivity index (χ2n) is 5.20. The molecule has 0 aromatic heterocycles. The summed E-state index contributed by atoms with van der Waals surface area (Å²) in [6.07, 6.45) is 1.95. The molecule has 5 heteroatoms. The predicted octanol–water partition coefficient (Wildman–Crippen LogP) is 2.39. The Bertz CT molecular complexity index is 290. The number of halogens is 2. The van der Waals surface area contributed by atoms with Crippen LogP contribution in [-0.4, -0.2) is 43.0 Å². The normalized spacial score (nSPS) is 28.6. The summed E-state index contributed by atoms with van der Waals surface area (Å²) >= 11 is 0. The van der Waals surface area contributed by atoms with Crippen LogP contribution in [0.25, 0.3) is 0 Å². The van der Waals surface area contributed by atoms with Crippen LogP contribution < -0.4 is 5.32 Å². The van der Waals surface area contributed by atoms with Gasteiger partial charge in [-0.2, -0.15) is 5.26 Å². The van der Waals surface area contributed by atoms with E-state index in [1.807, 2.05) is 0 Å². The molecule has 0 aliphatic heterocycles. The van der Waals surface area contributed by atoms with Crippen LogP contribution in [0, 0.1) is 11.3 Å². The van der Waals surface area contributed by atoms with Crippen LogP contribution in [0.3, 0.4) is 0 Å². The van der Waals surface area contributed by atoms with Gasteiger partial charge in [0.15, 0.2) is 0 Å². The van der Waals surface area contributed by atoms with Gasteiger partial charge in [0.05, 0.1) is 12.6 Å². The Balaban J connectivity index is 2.60. The van der Waals surface area contributed by atoms with Crippen LogP contribution in [0.15, 0.2) is 0 Å². The molecule has 1 aliphatic rings. The van der Waals surface area contributed by atoms with Crippen molar-refractivity contribution in [3.63, 3.8) is 0 Å². The molecule has 1 aliphatic carbocycles. The summed E-state index contributed by atoms with van der Waals surface area (Å²) in [6.45, 7) is 2.65. The SMILES string of the molecule is CCCNC1(C#N)CCCC(N(C)CC(F)F)C1. The zero-order valence-electron chi connectivity index (χ0n) is 11.3. The van der Waals surface area contributed by atoms with E-state index in [2.05, 4.69) is 18.3 Å². The minimum atomic E-state index is -2.31. The van der Waals surface area contributed by atoms with Crippen molar-refractivity contribution in [2.24, 2.45) is 0 Å². The Labute approximate surface area is 108 Å². The summed E-state index contributed by atoms with van der Waals surface area (Å²) in [7, 11) is 1.73. The van der Waals surface area contributed by atoms with Crippen LogP contribution in [-0.2, 0) is 0 Å². The first-order chi connectivity index (χ1) is 8.53. The molecule has 1 N–H and O–H groups in total. The fourth-order valence-electron chi connectivity index (χ4n) is 2.65.